The number of amides is 1. The summed E-state index contributed by atoms with van der Waals surface area (Å²) in [6, 6.07) is 14.4. The lowest BCUT2D eigenvalue weighted by Crippen LogP contribution is -2.41. The third kappa shape index (κ3) is 3.18. The van der Waals surface area contributed by atoms with Crippen molar-refractivity contribution in [2.75, 3.05) is 25.0 Å². The smallest absolute Gasteiger partial charge is 0.241 e. The van der Waals surface area contributed by atoms with Crippen LogP contribution in [0.5, 0.6) is 0 Å². The maximum atomic E-state index is 12.3. The Morgan fingerprint density at radius 2 is 2.05 bits per heavy atom. The van der Waals surface area contributed by atoms with E-state index >= 15 is 0 Å². The minimum absolute atomic E-state index is 0.203. The highest BCUT2D eigenvalue weighted by molar-refractivity contribution is 5.95. The lowest BCUT2D eigenvalue weighted by atomic mass is 10.0. The number of fused-ring (bicyclic) bond motifs is 1. The number of likely N-dealkylation sites (tertiary alicyclic amines) is 1. The Balaban J connectivity index is 1.67. The highest BCUT2D eigenvalue weighted by Crippen LogP contribution is 2.23. The first-order chi connectivity index (χ1) is 10.2. The molecule has 1 atom stereocenters. The number of rotatable bonds is 3. The molecule has 1 N–H and O–H groups in total. The molecule has 2 aromatic carbocycles. The normalized spacial score (nSPS) is 18.7. The summed E-state index contributed by atoms with van der Waals surface area (Å²) < 4.78 is 0. The minimum atomic E-state index is 0.203. The van der Waals surface area contributed by atoms with Gasteiger partial charge in [-0.05, 0) is 30.2 Å². The number of nitrogens with zero attached hydrogens (tertiary/aromatic N) is 1. The molecule has 1 aliphatic rings. The summed E-state index contributed by atoms with van der Waals surface area (Å²) in [6.45, 7) is 4.40. The molecular formula is C18H22N2O. The molecule has 1 saturated heterocycles. The van der Waals surface area contributed by atoms with E-state index in [9.17, 15) is 4.79 Å². The fraction of sp³-hybridized carbons (Fsp3) is 0.389. The van der Waals surface area contributed by atoms with Gasteiger partial charge in [0.15, 0.2) is 0 Å². The molecule has 1 fully saturated rings. The zero-order chi connectivity index (χ0) is 14.7. The van der Waals surface area contributed by atoms with Crippen LogP contribution in [-0.2, 0) is 4.79 Å². The monoisotopic (exact) mass is 282 g/mol. The Kier molecular flexibility index (Phi) is 4.09. The third-order valence-electron chi connectivity index (χ3n) is 4.23. The Bertz CT molecular complexity index is 633. The molecule has 0 radical (unpaired) electrons. The summed E-state index contributed by atoms with van der Waals surface area (Å²) in [5.41, 5.74) is 1.03. The van der Waals surface area contributed by atoms with Crippen LogP contribution in [-0.4, -0.2) is 30.4 Å². The number of hydrogen-bond acceptors (Lipinski definition) is 2. The van der Waals surface area contributed by atoms with Crippen molar-refractivity contribution in [3.8, 4) is 0 Å². The molecule has 2 aromatic rings. The number of benzene rings is 2. The number of carbonyl (C=O) groups is 1. The van der Waals surface area contributed by atoms with E-state index in [0.29, 0.717) is 12.5 Å². The van der Waals surface area contributed by atoms with E-state index in [1.807, 2.05) is 29.2 Å². The number of anilines is 1. The van der Waals surface area contributed by atoms with Crippen molar-refractivity contribution in [2.45, 2.75) is 19.8 Å². The largest absolute Gasteiger partial charge is 0.376 e. The van der Waals surface area contributed by atoms with Crippen LogP contribution in [0.1, 0.15) is 19.8 Å². The zero-order valence-electron chi connectivity index (χ0n) is 12.5. The van der Waals surface area contributed by atoms with E-state index in [-0.39, 0.29) is 5.91 Å². The van der Waals surface area contributed by atoms with Crippen LogP contribution in [0.25, 0.3) is 10.8 Å². The molecule has 21 heavy (non-hydrogen) atoms. The van der Waals surface area contributed by atoms with Crippen LogP contribution in [0.3, 0.4) is 0 Å². The lowest BCUT2D eigenvalue weighted by Gasteiger charge is -2.31. The van der Waals surface area contributed by atoms with Gasteiger partial charge >= 0.3 is 0 Å². The SMILES string of the molecule is C[C@@H]1CCCN(C(=O)CNc2cccc3ccccc23)C1. The van der Waals surface area contributed by atoms with Gasteiger partial charge in [-0.15, -0.1) is 0 Å². The van der Waals surface area contributed by atoms with Crippen LogP contribution in [0.2, 0.25) is 0 Å². The fourth-order valence-electron chi connectivity index (χ4n) is 3.08. The van der Waals surface area contributed by atoms with Gasteiger partial charge in [0.25, 0.3) is 0 Å². The first-order valence-electron chi connectivity index (χ1n) is 7.73. The van der Waals surface area contributed by atoms with Crippen molar-refractivity contribution in [3.05, 3.63) is 42.5 Å². The maximum Gasteiger partial charge on any atom is 0.241 e. The van der Waals surface area contributed by atoms with Crippen LogP contribution in [0.4, 0.5) is 5.69 Å². The summed E-state index contributed by atoms with van der Waals surface area (Å²) in [5, 5.41) is 5.67. The third-order valence-corrected chi connectivity index (χ3v) is 4.23. The first kappa shape index (κ1) is 13.9. The minimum Gasteiger partial charge on any atom is -0.376 e. The van der Waals surface area contributed by atoms with Gasteiger partial charge in [-0.1, -0.05) is 43.3 Å². The Morgan fingerprint density at radius 1 is 1.24 bits per heavy atom. The Morgan fingerprint density at radius 3 is 2.90 bits per heavy atom. The van der Waals surface area contributed by atoms with Gasteiger partial charge in [0.1, 0.15) is 0 Å². The number of hydrogen-bond donors (Lipinski definition) is 1. The quantitative estimate of drug-likeness (QED) is 0.934. The predicted octanol–water partition coefficient (Wildman–Crippen LogP) is 3.51. The fourth-order valence-corrected chi connectivity index (χ4v) is 3.08. The molecule has 3 rings (SSSR count). The molecule has 0 bridgehead atoms. The van der Waals surface area contributed by atoms with E-state index in [1.165, 1.54) is 17.2 Å². The van der Waals surface area contributed by atoms with Crippen LogP contribution >= 0.6 is 0 Å². The molecule has 0 saturated carbocycles. The van der Waals surface area contributed by atoms with Crippen molar-refractivity contribution in [2.24, 2.45) is 5.92 Å². The van der Waals surface area contributed by atoms with E-state index < -0.39 is 0 Å². The molecule has 0 aliphatic carbocycles. The molecule has 1 amide bonds. The number of nitrogens with one attached hydrogen (secondary N) is 1. The van der Waals surface area contributed by atoms with Crippen LogP contribution < -0.4 is 5.32 Å². The van der Waals surface area contributed by atoms with Crippen LogP contribution in [0.15, 0.2) is 42.5 Å². The van der Waals surface area contributed by atoms with E-state index in [2.05, 4.69) is 30.4 Å². The molecule has 110 valence electrons. The average molecular weight is 282 g/mol. The summed E-state index contributed by atoms with van der Waals surface area (Å²) in [5.74, 6) is 0.828. The van der Waals surface area contributed by atoms with Crippen molar-refractivity contribution in [1.82, 2.24) is 4.90 Å². The molecule has 0 aromatic heterocycles. The van der Waals surface area contributed by atoms with Gasteiger partial charge in [0.05, 0.1) is 6.54 Å². The number of carbonyl (C=O) groups excluding carboxylic acids is 1. The van der Waals surface area contributed by atoms with Gasteiger partial charge < -0.3 is 10.2 Å². The molecule has 0 spiro atoms. The van der Waals surface area contributed by atoms with E-state index in [0.717, 1.165) is 25.2 Å². The van der Waals surface area contributed by atoms with Crippen molar-refractivity contribution in [3.63, 3.8) is 0 Å². The van der Waals surface area contributed by atoms with Crippen molar-refractivity contribution in [1.29, 1.82) is 0 Å². The molecule has 0 unspecified atom stereocenters. The van der Waals surface area contributed by atoms with Crippen molar-refractivity contribution < 1.29 is 4.79 Å². The van der Waals surface area contributed by atoms with Gasteiger partial charge in [0.2, 0.25) is 5.91 Å². The molecule has 3 heteroatoms. The summed E-state index contributed by atoms with van der Waals surface area (Å²) in [4.78, 5) is 14.3. The first-order valence-corrected chi connectivity index (χ1v) is 7.73. The summed E-state index contributed by atoms with van der Waals surface area (Å²) in [6.07, 6.45) is 2.36. The van der Waals surface area contributed by atoms with Crippen molar-refractivity contribution >= 4 is 22.4 Å². The van der Waals surface area contributed by atoms with Gasteiger partial charge in [-0.25, -0.2) is 0 Å². The van der Waals surface area contributed by atoms with Gasteiger partial charge in [-0.3, -0.25) is 4.79 Å². The van der Waals surface area contributed by atoms with Crippen LogP contribution in [0, 0.1) is 5.92 Å². The standard InChI is InChI=1S/C18H22N2O/c1-14-6-5-11-20(13-14)18(21)12-19-17-10-4-8-15-7-2-3-9-16(15)17/h2-4,7-10,14,19H,5-6,11-13H2,1H3/t14-/m1/s1. The summed E-state index contributed by atoms with van der Waals surface area (Å²) >= 11 is 0. The van der Waals surface area contributed by atoms with E-state index in [4.69, 9.17) is 0 Å². The Labute approximate surface area is 125 Å². The molecule has 1 aliphatic heterocycles. The lowest BCUT2D eigenvalue weighted by molar-refractivity contribution is -0.130. The highest BCUT2D eigenvalue weighted by Gasteiger charge is 2.20. The second-order valence-corrected chi connectivity index (χ2v) is 5.97. The second-order valence-electron chi connectivity index (χ2n) is 5.97. The second kappa shape index (κ2) is 6.17. The highest BCUT2D eigenvalue weighted by atomic mass is 16.2. The molecule has 1 heterocycles. The summed E-state index contributed by atoms with van der Waals surface area (Å²) in [7, 11) is 0. The maximum absolute atomic E-state index is 12.3. The molecular weight excluding hydrogens is 260 g/mol. The molecule has 3 nitrogen and oxygen atoms in total. The topological polar surface area (TPSA) is 32.3 Å². The predicted molar refractivity (Wildman–Crippen MR) is 87.4 cm³/mol. The zero-order valence-corrected chi connectivity index (χ0v) is 12.5. The Hall–Kier alpha value is -2.03. The average Bonchev–Trinajstić information content (AvgIpc) is 2.52. The number of piperidine rings is 1. The van der Waals surface area contributed by atoms with Gasteiger partial charge in [-0.2, -0.15) is 0 Å². The van der Waals surface area contributed by atoms with E-state index in [1.54, 1.807) is 0 Å². The van der Waals surface area contributed by atoms with Gasteiger partial charge in [0, 0.05) is 24.2 Å².